The minimum atomic E-state index is -6.13. The Morgan fingerprint density at radius 3 is 1.79 bits per heavy atom. The maximum Gasteiger partial charge on any atom is 0.457 e. The Labute approximate surface area is 75.5 Å². The molecule has 1 N–H and O–H groups in total. The molecule has 0 aliphatic carbocycles. The Bertz CT molecular complexity index is 187. The molecule has 1 unspecified atom stereocenters. The molecule has 0 aromatic carbocycles. The van der Waals surface area contributed by atoms with Gasteiger partial charge in [0, 0.05) is 0 Å². The lowest BCUT2D eigenvalue weighted by Crippen LogP contribution is -2.56. The largest absolute Gasteiger partial charge is 0.457 e. The highest BCUT2D eigenvalue weighted by Gasteiger charge is 2.72. The summed E-state index contributed by atoms with van der Waals surface area (Å²) in [7, 11) is 0. The summed E-state index contributed by atoms with van der Waals surface area (Å²) in [5, 5.41) is 7.92. The summed E-state index contributed by atoms with van der Waals surface area (Å²) in [5.74, 6) is -5.70. The van der Waals surface area contributed by atoms with E-state index in [-0.39, 0.29) is 6.42 Å². The van der Waals surface area contributed by atoms with E-state index < -0.39 is 24.7 Å². The first kappa shape index (κ1) is 13.5. The Kier molecular flexibility index (Phi) is 3.79. The van der Waals surface area contributed by atoms with Crippen molar-refractivity contribution in [3.05, 3.63) is 6.92 Å². The van der Waals surface area contributed by atoms with Crippen LogP contribution in [0.5, 0.6) is 0 Å². The molecule has 2 nitrogen and oxygen atoms in total. The Morgan fingerprint density at radius 1 is 1.07 bits per heavy atom. The van der Waals surface area contributed by atoms with E-state index in [2.05, 4.69) is 11.7 Å². The number of halogens is 6. The topological polar surface area (TPSA) is 29.5 Å². The lowest BCUT2D eigenvalue weighted by atomic mass is 10.3. The third kappa shape index (κ3) is 2.50. The summed E-state index contributed by atoms with van der Waals surface area (Å²) >= 11 is 0. The van der Waals surface area contributed by atoms with Gasteiger partial charge in [-0.25, -0.2) is 0 Å². The fourth-order valence-electron chi connectivity index (χ4n) is 0.461. The lowest BCUT2D eigenvalue weighted by Gasteiger charge is -2.29. The first-order valence-electron chi connectivity index (χ1n) is 3.35. The molecule has 14 heavy (non-hydrogen) atoms. The lowest BCUT2D eigenvalue weighted by molar-refractivity contribution is -0.447. The van der Waals surface area contributed by atoms with E-state index in [9.17, 15) is 26.3 Å². The molecule has 1 radical (unpaired) electrons. The average Bonchev–Trinajstić information content (AvgIpc) is 1.98. The second-order valence-electron chi connectivity index (χ2n) is 2.34. The fraction of sp³-hybridized carbons (Fsp3) is 0.833. The Balaban J connectivity index is 4.69. The van der Waals surface area contributed by atoms with E-state index in [1.807, 2.05) is 0 Å². The maximum atomic E-state index is 12.3. The summed E-state index contributed by atoms with van der Waals surface area (Å²) in [5.41, 5.74) is 0. The molecule has 0 saturated carbocycles. The first-order valence-corrected chi connectivity index (χ1v) is 3.35. The van der Waals surface area contributed by atoms with Crippen molar-refractivity contribution in [1.82, 2.24) is 0 Å². The van der Waals surface area contributed by atoms with E-state index in [1.54, 1.807) is 0 Å². The van der Waals surface area contributed by atoms with Crippen molar-refractivity contribution in [3.63, 3.8) is 0 Å². The summed E-state index contributed by atoms with van der Waals surface area (Å²) in [4.78, 5) is 0. The molecule has 0 heterocycles. The van der Waals surface area contributed by atoms with Crippen LogP contribution in [0.15, 0.2) is 0 Å². The molecule has 0 spiro atoms. The van der Waals surface area contributed by atoms with Gasteiger partial charge in [0.05, 0.1) is 6.61 Å². The van der Waals surface area contributed by atoms with Crippen LogP contribution in [0.25, 0.3) is 0 Å². The molecular weight excluding hydrogens is 218 g/mol. The second-order valence-corrected chi connectivity index (χ2v) is 2.34. The van der Waals surface area contributed by atoms with E-state index in [0.29, 0.717) is 0 Å². The highest BCUT2D eigenvalue weighted by atomic mass is 19.4. The molecule has 0 amide bonds. The van der Waals surface area contributed by atoms with Gasteiger partial charge in [-0.2, -0.15) is 26.3 Å². The van der Waals surface area contributed by atoms with Crippen molar-refractivity contribution in [2.75, 3.05) is 6.61 Å². The standard InChI is InChI=1S/C6H7F6O2/c1-2-3-14-6(11,12)4(7,13)5(8,9)10/h13H,1-3H2. The zero-order valence-electron chi connectivity index (χ0n) is 6.74. The van der Waals surface area contributed by atoms with Crippen LogP contribution < -0.4 is 0 Å². The van der Waals surface area contributed by atoms with Crippen LogP contribution >= 0.6 is 0 Å². The second kappa shape index (κ2) is 3.93. The van der Waals surface area contributed by atoms with Gasteiger partial charge in [0.1, 0.15) is 0 Å². The molecule has 0 fully saturated rings. The van der Waals surface area contributed by atoms with Crippen molar-refractivity contribution in [2.24, 2.45) is 0 Å². The summed E-state index contributed by atoms with van der Waals surface area (Å²) in [6, 6.07) is 0. The molecule has 0 bridgehead atoms. The smallest absolute Gasteiger partial charge is 0.348 e. The van der Waals surface area contributed by atoms with Gasteiger partial charge in [0.25, 0.3) is 0 Å². The number of hydrogen-bond acceptors (Lipinski definition) is 2. The van der Waals surface area contributed by atoms with Gasteiger partial charge in [0.2, 0.25) is 0 Å². The van der Waals surface area contributed by atoms with Crippen LogP contribution in [0.3, 0.4) is 0 Å². The van der Waals surface area contributed by atoms with Gasteiger partial charge < -0.3 is 9.84 Å². The normalized spacial score (nSPS) is 18.0. The van der Waals surface area contributed by atoms with Crippen molar-refractivity contribution >= 4 is 0 Å². The van der Waals surface area contributed by atoms with Gasteiger partial charge >= 0.3 is 18.1 Å². The van der Waals surface area contributed by atoms with Crippen LogP contribution in [0.1, 0.15) is 6.42 Å². The van der Waals surface area contributed by atoms with E-state index in [4.69, 9.17) is 5.11 Å². The first-order chi connectivity index (χ1) is 6.06. The minimum absolute atomic E-state index is 0.288. The number of rotatable bonds is 4. The highest BCUT2D eigenvalue weighted by Crippen LogP contribution is 2.43. The van der Waals surface area contributed by atoms with Crippen LogP contribution in [0, 0.1) is 6.92 Å². The van der Waals surface area contributed by atoms with Crippen molar-refractivity contribution in [2.45, 2.75) is 24.6 Å². The summed E-state index contributed by atoms with van der Waals surface area (Å²) in [6.07, 6.45) is -11.8. The molecule has 1 atom stereocenters. The van der Waals surface area contributed by atoms with Crippen molar-refractivity contribution in [1.29, 1.82) is 0 Å². The van der Waals surface area contributed by atoms with Crippen molar-refractivity contribution < 1.29 is 36.2 Å². The van der Waals surface area contributed by atoms with Crippen molar-refractivity contribution in [3.8, 4) is 0 Å². The zero-order valence-corrected chi connectivity index (χ0v) is 6.74. The fourth-order valence-corrected chi connectivity index (χ4v) is 0.461. The summed E-state index contributed by atoms with van der Waals surface area (Å²) < 4.78 is 74.7. The molecule has 0 saturated heterocycles. The van der Waals surface area contributed by atoms with Gasteiger partial charge in [-0.15, -0.1) is 0 Å². The van der Waals surface area contributed by atoms with E-state index in [0.717, 1.165) is 0 Å². The molecule has 0 aromatic heterocycles. The number of alkyl halides is 6. The Morgan fingerprint density at radius 2 is 1.50 bits per heavy atom. The highest BCUT2D eigenvalue weighted by molar-refractivity contribution is 4.84. The van der Waals surface area contributed by atoms with E-state index in [1.165, 1.54) is 0 Å². The van der Waals surface area contributed by atoms with Crippen LogP contribution in [-0.4, -0.2) is 29.9 Å². The van der Waals surface area contributed by atoms with Gasteiger partial charge in [-0.3, -0.25) is 0 Å². The van der Waals surface area contributed by atoms with Crippen LogP contribution in [0.2, 0.25) is 0 Å². The monoisotopic (exact) mass is 225 g/mol. The molecule has 85 valence electrons. The quantitative estimate of drug-likeness (QED) is 0.742. The molecule has 0 aliphatic rings. The number of ether oxygens (including phenoxy) is 1. The molecule has 0 rings (SSSR count). The molecule has 8 heteroatoms. The third-order valence-corrected chi connectivity index (χ3v) is 1.19. The van der Waals surface area contributed by atoms with Gasteiger partial charge in [-0.05, 0) is 6.42 Å². The SMILES string of the molecule is [CH2]CCOC(F)(F)C(O)(F)C(F)(F)F. The van der Waals surface area contributed by atoms with Crippen LogP contribution in [-0.2, 0) is 4.74 Å². The predicted octanol–water partition coefficient (Wildman–Crippen LogP) is 2.04. The zero-order chi connectivity index (χ0) is 11.6. The molecule has 0 aliphatic heterocycles. The molecule has 0 aromatic rings. The van der Waals surface area contributed by atoms with Gasteiger partial charge in [-0.1, -0.05) is 6.92 Å². The summed E-state index contributed by atoms with van der Waals surface area (Å²) in [6.45, 7) is 2.08. The molecular formula is C6H7F6O2. The predicted molar refractivity (Wildman–Crippen MR) is 33.0 cm³/mol. The minimum Gasteiger partial charge on any atom is -0.348 e. The third-order valence-electron chi connectivity index (χ3n) is 1.19. The van der Waals surface area contributed by atoms with Crippen LogP contribution in [0.4, 0.5) is 26.3 Å². The number of aliphatic hydroxyl groups is 1. The average molecular weight is 225 g/mol. The Hall–Kier alpha value is -0.500. The van der Waals surface area contributed by atoms with Gasteiger partial charge in [0.15, 0.2) is 0 Å². The van der Waals surface area contributed by atoms with E-state index >= 15 is 0 Å². The maximum absolute atomic E-state index is 12.3. The number of hydrogen-bond donors (Lipinski definition) is 1.